The van der Waals surface area contributed by atoms with Gasteiger partial charge in [0.05, 0.1) is 10.7 Å². The molecule has 1 unspecified atom stereocenters. The number of hydrogen-bond donors (Lipinski definition) is 2. The Hall–Kier alpha value is -1.02. The largest absolute Gasteiger partial charge is 0.368 e. The van der Waals surface area contributed by atoms with Gasteiger partial charge >= 0.3 is 0 Å². The predicted molar refractivity (Wildman–Crippen MR) is 88.1 cm³/mol. The molecule has 0 saturated carbocycles. The van der Waals surface area contributed by atoms with Crippen LogP contribution in [0.25, 0.3) is 0 Å². The number of halogens is 2. The quantitative estimate of drug-likeness (QED) is 0.822. The highest BCUT2D eigenvalue weighted by atomic mass is 35.5. The Morgan fingerprint density at radius 2 is 2.14 bits per heavy atom. The van der Waals surface area contributed by atoms with E-state index >= 15 is 0 Å². The zero-order valence-electron chi connectivity index (χ0n) is 12.0. The molecule has 1 aromatic rings. The van der Waals surface area contributed by atoms with Crippen LogP contribution in [0, 0.1) is 0 Å². The zero-order valence-corrected chi connectivity index (χ0v) is 14.3. The van der Waals surface area contributed by atoms with E-state index in [0.29, 0.717) is 16.6 Å². The van der Waals surface area contributed by atoms with Crippen molar-refractivity contribution in [2.75, 3.05) is 30.8 Å². The summed E-state index contributed by atoms with van der Waals surface area (Å²) in [4.78, 5) is 13.8. The fourth-order valence-electron chi connectivity index (χ4n) is 2.35. The summed E-state index contributed by atoms with van der Waals surface area (Å²) in [6.07, 6.45) is 0.726. The van der Waals surface area contributed by atoms with Crippen molar-refractivity contribution in [1.82, 2.24) is 10.0 Å². The minimum atomic E-state index is -3.55. The molecule has 0 bridgehead atoms. The number of rotatable bonds is 5. The van der Waals surface area contributed by atoms with Crippen LogP contribution in [0.1, 0.15) is 6.42 Å². The number of carbonyl (C=O) groups is 1. The number of anilines is 1. The van der Waals surface area contributed by atoms with E-state index in [2.05, 4.69) is 10.0 Å². The van der Waals surface area contributed by atoms with E-state index in [1.807, 2.05) is 11.0 Å². The van der Waals surface area contributed by atoms with Crippen LogP contribution in [0.5, 0.6) is 0 Å². The SMILES string of the molecule is CNS(=O)(=O)CC(=O)NC1CCN(c2ccc(Cl)cc2Cl)C1. The van der Waals surface area contributed by atoms with Crippen molar-refractivity contribution in [2.24, 2.45) is 0 Å². The molecule has 122 valence electrons. The molecular weight excluding hydrogens is 349 g/mol. The number of hydrogen-bond acceptors (Lipinski definition) is 4. The molecule has 1 aliphatic rings. The standard InChI is InChI=1S/C13H17Cl2N3O3S/c1-16-22(20,21)8-13(19)17-10-4-5-18(7-10)12-3-2-9(14)6-11(12)15/h2-3,6,10,16H,4-5,7-8H2,1H3,(H,17,19). The summed E-state index contributed by atoms with van der Waals surface area (Å²) >= 11 is 12.0. The molecule has 1 fully saturated rings. The predicted octanol–water partition coefficient (Wildman–Crippen LogP) is 1.24. The van der Waals surface area contributed by atoms with Crippen molar-refractivity contribution in [3.8, 4) is 0 Å². The topological polar surface area (TPSA) is 78.5 Å². The molecule has 1 amide bonds. The lowest BCUT2D eigenvalue weighted by atomic mass is 10.2. The first-order valence-electron chi connectivity index (χ1n) is 6.71. The minimum absolute atomic E-state index is 0.105. The third-order valence-electron chi connectivity index (χ3n) is 3.44. The minimum Gasteiger partial charge on any atom is -0.368 e. The fraction of sp³-hybridized carbons (Fsp3) is 0.462. The van der Waals surface area contributed by atoms with E-state index in [-0.39, 0.29) is 6.04 Å². The lowest BCUT2D eigenvalue weighted by Crippen LogP contribution is -2.41. The average Bonchev–Trinajstić information content (AvgIpc) is 2.86. The van der Waals surface area contributed by atoms with Gasteiger partial charge < -0.3 is 10.2 Å². The highest BCUT2D eigenvalue weighted by Crippen LogP contribution is 2.31. The number of benzene rings is 1. The van der Waals surface area contributed by atoms with Gasteiger partial charge in [0.25, 0.3) is 0 Å². The van der Waals surface area contributed by atoms with E-state index in [0.717, 1.165) is 18.7 Å². The van der Waals surface area contributed by atoms with Crippen LogP contribution in [0.15, 0.2) is 18.2 Å². The molecule has 1 saturated heterocycles. The van der Waals surface area contributed by atoms with Crippen LogP contribution in [0.2, 0.25) is 10.0 Å². The van der Waals surface area contributed by atoms with Crippen LogP contribution in [-0.4, -0.2) is 46.3 Å². The van der Waals surface area contributed by atoms with Gasteiger partial charge in [0.2, 0.25) is 15.9 Å². The van der Waals surface area contributed by atoms with E-state index in [1.54, 1.807) is 12.1 Å². The normalized spacial score (nSPS) is 18.5. The molecule has 2 N–H and O–H groups in total. The third-order valence-corrected chi connectivity index (χ3v) is 5.24. The maximum absolute atomic E-state index is 11.7. The van der Waals surface area contributed by atoms with Gasteiger partial charge in [-0.25, -0.2) is 13.1 Å². The van der Waals surface area contributed by atoms with Crippen LogP contribution >= 0.6 is 23.2 Å². The Balaban J connectivity index is 1.94. The molecule has 9 heteroatoms. The van der Waals surface area contributed by atoms with E-state index in [4.69, 9.17) is 23.2 Å². The van der Waals surface area contributed by atoms with Crippen LogP contribution in [-0.2, 0) is 14.8 Å². The monoisotopic (exact) mass is 365 g/mol. The van der Waals surface area contributed by atoms with Gasteiger partial charge in [-0.05, 0) is 31.7 Å². The average molecular weight is 366 g/mol. The number of nitrogens with one attached hydrogen (secondary N) is 2. The Bertz CT molecular complexity index is 666. The van der Waals surface area contributed by atoms with Gasteiger partial charge in [-0.15, -0.1) is 0 Å². The van der Waals surface area contributed by atoms with Gasteiger partial charge in [0, 0.05) is 24.2 Å². The summed E-state index contributed by atoms with van der Waals surface area (Å²) in [5, 5.41) is 3.85. The fourth-order valence-corrected chi connectivity index (χ4v) is 3.45. The van der Waals surface area contributed by atoms with E-state index in [1.165, 1.54) is 7.05 Å². The summed E-state index contributed by atoms with van der Waals surface area (Å²) in [7, 11) is -2.27. The highest BCUT2D eigenvalue weighted by molar-refractivity contribution is 7.90. The molecule has 0 aromatic heterocycles. The van der Waals surface area contributed by atoms with Crippen LogP contribution in [0.3, 0.4) is 0 Å². The molecule has 1 atom stereocenters. The van der Waals surface area contributed by atoms with E-state index < -0.39 is 21.7 Å². The maximum atomic E-state index is 11.7. The van der Waals surface area contributed by atoms with Gasteiger partial charge in [0.15, 0.2) is 0 Å². The summed E-state index contributed by atoms with van der Waals surface area (Å²) in [5.41, 5.74) is 0.852. The summed E-state index contributed by atoms with van der Waals surface area (Å²) < 4.78 is 24.8. The first-order valence-corrected chi connectivity index (χ1v) is 9.12. The van der Waals surface area contributed by atoms with Crippen molar-refractivity contribution in [3.05, 3.63) is 28.2 Å². The first kappa shape index (κ1) is 17.3. The number of sulfonamides is 1. The molecule has 22 heavy (non-hydrogen) atoms. The number of amides is 1. The summed E-state index contributed by atoms with van der Waals surface area (Å²) in [6.45, 7) is 1.30. The molecular formula is C13H17Cl2N3O3S. The van der Waals surface area contributed by atoms with Crippen LogP contribution < -0.4 is 14.9 Å². The third kappa shape index (κ3) is 4.49. The Labute approximate surface area is 139 Å². The molecule has 6 nitrogen and oxygen atoms in total. The molecule has 0 aliphatic carbocycles. The maximum Gasteiger partial charge on any atom is 0.236 e. The number of carbonyl (C=O) groups excluding carboxylic acids is 1. The molecule has 2 rings (SSSR count). The summed E-state index contributed by atoms with van der Waals surface area (Å²) in [5.74, 6) is -1.08. The summed E-state index contributed by atoms with van der Waals surface area (Å²) in [6, 6.07) is 5.16. The van der Waals surface area contributed by atoms with E-state index in [9.17, 15) is 13.2 Å². The lowest BCUT2D eigenvalue weighted by molar-refractivity contribution is -0.119. The van der Waals surface area contributed by atoms with Crippen molar-refractivity contribution in [3.63, 3.8) is 0 Å². The smallest absolute Gasteiger partial charge is 0.236 e. The lowest BCUT2D eigenvalue weighted by Gasteiger charge is -2.20. The molecule has 1 heterocycles. The van der Waals surface area contributed by atoms with Crippen molar-refractivity contribution in [1.29, 1.82) is 0 Å². The second-order valence-corrected chi connectivity index (χ2v) is 7.83. The second-order valence-electron chi connectivity index (χ2n) is 5.06. The Kier molecular flexibility index (Phi) is 5.55. The van der Waals surface area contributed by atoms with Crippen molar-refractivity contribution < 1.29 is 13.2 Å². The van der Waals surface area contributed by atoms with Gasteiger partial charge in [-0.2, -0.15) is 0 Å². The highest BCUT2D eigenvalue weighted by Gasteiger charge is 2.26. The van der Waals surface area contributed by atoms with Gasteiger partial charge in [0.1, 0.15) is 5.75 Å². The first-order chi connectivity index (χ1) is 10.3. The molecule has 1 aromatic carbocycles. The van der Waals surface area contributed by atoms with Crippen LogP contribution in [0.4, 0.5) is 5.69 Å². The van der Waals surface area contributed by atoms with Crippen molar-refractivity contribution >= 4 is 44.8 Å². The second kappa shape index (κ2) is 7.04. The zero-order chi connectivity index (χ0) is 16.3. The molecule has 1 aliphatic heterocycles. The molecule has 0 spiro atoms. The van der Waals surface area contributed by atoms with Crippen molar-refractivity contribution in [2.45, 2.75) is 12.5 Å². The Morgan fingerprint density at radius 3 is 2.77 bits per heavy atom. The Morgan fingerprint density at radius 1 is 1.41 bits per heavy atom. The molecule has 0 radical (unpaired) electrons. The number of nitrogens with zero attached hydrogens (tertiary/aromatic N) is 1. The van der Waals surface area contributed by atoms with Gasteiger partial charge in [-0.3, -0.25) is 4.79 Å². The van der Waals surface area contributed by atoms with Gasteiger partial charge in [-0.1, -0.05) is 23.2 Å².